The molecule has 2 atom stereocenters. The molecule has 0 bridgehead atoms. The van der Waals surface area contributed by atoms with E-state index in [1.54, 1.807) is 0 Å². The Hall–Kier alpha value is -0.650. The van der Waals surface area contributed by atoms with Crippen molar-refractivity contribution in [2.24, 2.45) is 0 Å². The number of nitrogens with zero attached hydrogens (tertiary/aromatic N) is 1. The number of hydrogen-bond acceptors (Lipinski definition) is 4. The minimum atomic E-state index is 0.117. The van der Waals surface area contributed by atoms with Gasteiger partial charge in [-0.05, 0) is 33.2 Å². The van der Waals surface area contributed by atoms with Gasteiger partial charge in [-0.3, -0.25) is 9.69 Å². The first-order chi connectivity index (χ1) is 9.15. The number of fused-ring (bicyclic) bond motifs is 1. The lowest BCUT2D eigenvalue weighted by molar-refractivity contribution is -0.121. The van der Waals surface area contributed by atoms with E-state index in [1.165, 1.54) is 19.4 Å². The van der Waals surface area contributed by atoms with E-state index in [1.807, 2.05) is 13.8 Å². The Labute approximate surface area is 116 Å². The molecule has 2 unspecified atom stereocenters. The van der Waals surface area contributed by atoms with E-state index >= 15 is 0 Å². The second-order valence-corrected chi connectivity index (χ2v) is 5.92. The van der Waals surface area contributed by atoms with Crippen molar-refractivity contribution in [3.8, 4) is 0 Å². The number of morpholine rings is 1. The third-order valence-electron chi connectivity index (χ3n) is 3.81. The zero-order valence-corrected chi connectivity index (χ0v) is 12.2. The average Bonchev–Trinajstić information content (AvgIpc) is 2.81. The summed E-state index contributed by atoms with van der Waals surface area (Å²) in [5.74, 6) is 0.117. The van der Waals surface area contributed by atoms with E-state index < -0.39 is 0 Å². The Balaban J connectivity index is 1.55. The molecule has 0 aromatic carbocycles. The first-order valence-corrected chi connectivity index (χ1v) is 7.51. The fourth-order valence-corrected chi connectivity index (χ4v) is 2.87. The van der Waals surface area contributed by atoms with Crippen molar-refractivity contribution in [2.75, 3.05) is 32.8 Å². The number of amides is 1. The summed E-state index contributed by atoms with van der Waals surface area (Å²) in [6.07, 6.45) is 3.42. The van der Waals surface area contributed by atoms with Crippen LogP contribution in [0.3, 0.4) is 0 Å². The maximum absolute atomic E-state index is 11.5. The normalized spacial score (nSPS) is 27.5. The van der Waals surface area contributed by atoms with E-state index in [-0.39, 0.29) is 18.1 Å². The van der Waals surface area contributed by atoms with Gasteiger partial charge in [0, 0.05) is 38.1 Å². The molecule has 2 heterocycles. The summed E-state index contributed by atoms with van der Waals surface area (Å²) in [4.78, 5) is 14.0. The van der Waals surface area contributed by atoms with E-state index in [4.69, 9.17) is 4.74 Å². The number of carbonyl (C=O) groups excluding carboxylic acids is 1. The van der Waals surface area contributed by atoms with Crippen LogP contribution < -0.4 is 10.6 Å². The highest BCUT2D eigenvalue weighted by atomic mass is 16.5. The minimum absolute atomic E-state index is 0.117. The van der Waals surface area contributed by atoms with Crippen molar-refractivity contribution in [1.29, 1.82) is 0 Å². The summed E-state index contributed by atoms with van der Waals surface area (Å²) >= 11 is 0. The Morgan fingerprint density at radius 3 is 3.11 bits per heavy atom. The van der Waals surface area contributed by atoms with Gasteiger partial charge in [-0.2, -0.15) is 0 Å². The zero-order chi connectivity index (χ0) is 13.7. The van der Waals surface area contributed by atoms with Crippen molar-refractivity contribution < 1.29 is 9.53 Å². The van der Waals surface area contributed by atoms with Crippen LogP contribution in [0.4, 0.5) is 0 Å². The molecule has 5 nitrogen and oxygen atoms in total. The Bertz CT molecular complexity index is 296. The summed E-state index contributed by atoms with van der Waals surface area (Å²) in [6.45, 7) is 8.67. The maximum Gasteiger partial charge on any atom is 0.221 e. The molecule has 2 fully saturated rings. The highest BCUT2D eigenvalue weighted by Gasteiger charge is 2.31. The van der Waals surface area contributed by atoms with Crippen molar-refractivity contribution in [1.82, 2.24) is 15.5 Å². The lowest BCUT2D eigenvalue weighted by Crippen LogP contribution is -2.49. The molecule has 0 aromatic heterocycles. The van der Waals surface area contributed by atoms with E-state index in [9.17, 15) is 4.79 Å². The van der Waals surface area contributed by atoms with Gasteiger partial charge < -0.3 is 15.4 Å². The van der Waals surface area contributed by atoms with Crippen LogP contribution in [0, 0.1) is 0 Å². The summed E-state index contributed by atoms with van der Waals surface area (Å²) in [6, 6.07) is 0.884. The van der Waals surface area contributed by atoms with Crippen LogP contribution in [0.2, 0.25) is 0 Å². The molecule has 2 rings (SSSR count). The largest absolute Gasteiger partial charge is 0.374 e. The molecule has 19 heavy (non-hydrogen) atoms. The van der Waals surface area contributed by atoms with Crippen molar-refractivity contribution >= 4 is 5.91 Å². The summed E-state index contributed by atoms with van der Waals surface area (Å²) < 4.78 is 5.86. The van der Waals surface area contributed by atoms with Crippen LogP contribution in [0.25, 0.3) is 0 Å². The van der Waals surface area contributed by atoms with Gasteiger partial charge >= 0.3 is 0 Å². The molecule has 2 N–H and O–H groups in total. The number of nitrogens with one attached hydrogen (secondary N) is 2. The quantitative estimate of drug-likeness (QED) is 0.683. The number of rotatable bonds is 6. The van der Waals surface area contributed by atoms with E-state index in [2.05, 4.69) is 15.5 Å². The molecule has 2 saturated heterocycles. The first kappa shape index (κ1) is 14.8. The van der Waals surface area contributed by atoms with Crippen LogP contribution >= 0.6 is 0 Å². The van der Waals surface area contributed by atoms with Gasteiger partial charge in [0.1, 0.15) is 0 Å². The third-order valence-corrected chi connectivity index (χ3v) is 3.81. The standard InChI is InChI=1S/C14H27N3O2/c1-11(2)16-14(18)5-6-15-8-13-9-17-7-3-4-12(17)10-19-13/h11-13,15H,3-10H2,1-2H3,(H,16,18). The lowest BCUT2D eigenvalue weighted by atomic mass is 10.2. The SMILES string of the molecule is CC(C)NC(=O)CCNCC1CN2CCCC2CO1. The monoisotopic (exact) mass is 269 g/mol. The average molecular weight is 269 g/mol. The van der Waals surface area contributed by atoms with Crippen LogP contribution in [0.1, 0.15) is 33.1 Å². The molecular weight excluding hydrogens is 242 g/mol. The molecule has 0 aromatic rings. The molecule has 0 radical (unpaired) electrons. The second-order valence-electron chi connectivity index (χ2n) is 5.92. The highest BCUT2D eigenvalue weighted by Crippen LogP contribution is 2.22. The van der Waals surface area contributed by atoms with E-state index in [0.29, 0.717) is 12.5 Å². The Kier molecular flexibility index (Phi) is 5.60. The topological polar surface area (TPSA) is 53.6 Å². The van der Waals surface area contributed by atoms with Gasteiger partial charge in [-0.25, -0.2) is 0 Å². The van der Waals surface area contributed by atoms with Gasteiger partial charge in [0.2, 0.25) is 5.91 Å². The maximum atomic E-state index is 11.5. The fourth-order valence-electron chi connectivity index (χ4n) is 2.87. The van der Waals surface area contributed by atoms with Crippen molar-refractivity contribution in [3.05, 3.63) is 0 Å². The van der Waals surface area contributed by atoms with Gasteiger partial charge in [-0.15, -0.1) is 0 Å². The van der Waals surface area contributed by atoms with Crippen LogP contribution in [-0.2, 0) is 9.53 Å². The second kappa shape index (κ2) is 7.22. The van der Waals surface area contributed by atoms with Gasteiger partial charge in [0.15, 0.2) is 0 Å². The summed E-state index contributed by atoms with van der Waals surface area (Å²) in [5, 5.41) is 6.22. The lowest BCUT2D eigenvalue weighted by Gasteiger charge is -2.35. The summed E-state index contributed by atoms with van der Waals surface area (Å²) in [5.41, 5.74) is 0. The third kappa shape index (κ3) is 4.75. The zero-order valence-electron chi connectivity index (χ0n) is 12.2. The Morgan fingerprint density at radius 2 is 2.32 bits per heavy atom. The highest BCUT2D eigenvalue weighted by molar-refractivity contribution is 5.76. The predicted octanol–water partition coefficient (Wildman–Crippen LogP) is 0.354. The smallest absolute Gasteiger partial charge is 0.221 e. The van der Waals surface area contributed by atoms with Gasteiger partial charge in [-0.1, -0.05) is 0 Å². The molecule has 0 saturated carbocycles. The minimum Gasteiger partial charge on any atom is -0.374 e. The number of carbonyl (C=O) groups is 1. The number of ether oxygens (including phenoxy) is 1. The van der Waals surface area contributed by atoms with Crippen molar-refractivity contribution in [3.63, 3.8) is 0 Å². The van der Waals surface area contributed by atoms with Crippen LogP contribution in [0.5, 0.6) is 0 Å². The Morgan fingerprint density at radius 1 is 1.47 bits per heavy atom. The first-order valence-electron chi connectivity index (χ1n) is 7.51. The predicted molar refractivity (Wildman–Crippen MR) is 75.1 cm³/mol. The van der Waals surface area contributed by atoms with Crippen molar-refractivity contribution in [2.45, 2.75) is 51.3 Å². The molecule has 2 aliphatic heterocycles. The molecule has 0 aliphatic carbocycles. The summed E-state index contributed by atoms with van der Waals surface area (Å²) in [7, 11) is 0. The van der Waals surface area contributed by atoms with Gasteiger partial charge in [0.05, 0.1) is 12.7 Å². The molecule has 5 heteroatoms. The van der Waals surface area contributed by atoms with E-state index in [0.717, 1.165) is 26.2 Å². The molecule has 1 amide bonds. The molecule has 2 aliphatic rings. The molecule has 0 spiro atoms. The number of hydrogen-bond donors (Lipinski definition) is 2. The van der Waals surface area contributed by atoms with Crippen LogP contribution in [-0.4, -0.2) is 61.8 Å². The fraction of sp³-hybridized carbons (Fsp3) is 0.929. The van der Waals surface area contributed by atoms with Crippen LogP contribution in [0.15, 0.2) is 0 Å². The molecular formula is C14H27N3O2. The molecule has 110 valence electrons. The van der Waals surface area contributed by atoms with Gasteiger partial charge in [0.25, 0.3) is 0 Å².